The van der Waals surface area contributed by atoms with Crippen molar-refractivity contribution in [2.45, 2.75) is 24.5 Å². The van der Waals surface area contributed by atoms with E-state index in [4.69, 9.17) is 4.52 Å². The molecule has 27 heavy (non-hydrogen) atoms. The highest BCUT2D eigenvalue weighted by Crippen LogP contribution is 2.27. The lowest BCUT2D eigenvalue weighted by atomic mass is 10.2. The van der Waals surface area contributed by atoms with Crippen LogP contribution in [0.3, 0.4) is 0 Å². The molecule has 0 bridgehead atoms. The van der Waals surface area contributed by atoms with Crippen LogP contribution in [0.5, 0.6) is 0 Å². The summed E-state index contributed by atoms with van der Waals surface area (Å²) in [7, 11) is 0. The van der Waals surface area contributed by atoms with Crippen molar-refractivity contribution in [2.75, 3.05) is 10.6 Å². The van der Waals surface area contributed by atoms with E-state index in [0.29, 0.717) is 22.7 Å². The Bertz CT molecular complexity index is 968. The number of carbonyl (C=O) groups excluding carboxylic acids is 2. The third-order valence-corrected chi connectivity index (χ3v) is 4.72. The summed E-state index contributed by atoms with van der Waals surface area (Å²) in [5, 5.41) is 9.45. The minimum absolute atomic E-state index is 0.164. The average molecular weight is 381 g/mol. The molecule has 0 fully saturated rings. The summed E-state index contributed by atoms with van der Waals surface area (Å²) in [6, 6.07) is 16.3. The molecule has 0 atom stereocenters. The predicted octanol–water partition coefficient (Wildman–Crippen LogP) is 4.49. The van der Waals surface area contributed by atoms with Gasteiger partial charge in [-0.15, -0.1) is 11.8 Å². The molecule has 3 rings (SSSR count). The van der Waals surface area contributed by atoms with Gasteiger partial charge in [-0.2, -0.15) is 0 Å². The lowest BCUT2D eigenvalue weighted by Gasteiger charge is -2.10. The number of amides is 2. The van der Waals surface area contributed by atoms with Gasteiger partial charge in [-0.1, -0.05) is 23.4 Å². The SMILES string of the molecule is CC(=O)Nc1cccc(NC(=O)c2ccccc2SCc2cc(C)no2)c1. The van der Waals surface area contributed by atoms with Crippen molar-refractivity contribution >= 4 is 35.0 Å². The van der Waals surface area contributed by atoms with Crippen molar-refractivity contribution in [2.24, 2.45) is 0 Å². The van der Waals surface area contributed by atoms with Gasteiger partial charge < -0.3 is 15.2 Å². The van der Waals surface area contributed by atoms with Crippen LogP contribution in [0, 0.1) is 6.92 Å². The van der Waals surface area contributed by atoms with E-state index in [2.05, 4.69) is 15.8 Å². The summed E-state index contributed by atoms with van der Waals surface area (Å²) >= 11 is 1.51. The highest BCUT2D eigenvalue weighted by atomic mass is 32.2. The fourth-order valence-electron chi connectivity index (χ4n) is 2.49. The monoisotopic (exact) mass is 381 g/mol. The van der Waals surface area contributed by atoms with Gasteiger partial charge in [-0.05, 0) is 37.3 Å². The number of hydrogen-bond acceptors (Lipinski definition) is 5. The molecule has 3 aromatic rings. The predicted molar refractivity (Wildman–Crippen MR) is 106 cm³/mol. The Labute approximate surface area is 161 Å². The van der Waals surface area contributed by atoms with Gasteiger partial charge in [0.25, 0.3) is 5.91 Å². The molecule has 6 nitrogen and oxygen atoms in total. The first-order valence-corrected chi connectivity index (χ1v) is 9.33. The standard InChI is InChI=1S/C20H19N3O3S/c1-13-10-17(26-23-13)12-27-19-9-4-3-8-18(19)20(25)22-16-7-5-6-15(11-16)21-14(2)24/h3-11H,12H2,1-2H3,(H,21,24)(H,22,25). The molecule has 2 amide bonds. The van der Waals surface area contributed by atoms with Crippen LogP contribution in [-0.2, 0) is 10.5 Å². The maximum absolute atomic E-state index is 12.7. The molecule has 0 aliphatic rings. The Hall–Kier alpha value is -3.06. The zero-order valence-corrected chi connectivity index (χ0v) is 15.8. The first-order valence-electron chi connectivity index (χ1n) is 8.34. The molecule has 0 saturated heterocycles. The first kappa shape index (κ1) is 18.7. The van der Waals surface area contributed by atoms with E-state index >= 15 is 0 Å². The van der Waals surface area contributed by atoms with Gasteiger partial charge in [0.2, 0.25) is 5.91 Å². The van der Waals surface area contributed by atoms with E-state index in [9.17, 15) is 9.59 Å². The van der Waals surface area contributed by atoms with Crippen LogP contribution in [0.4, 0.5) is 11.4 Å². The largest absolute Gasteiger partial charge is 0.360 e. The molecule has 0 spiro atoms. The van der Waals surface area contributed by atoms with Gasteiger partial charge in [0.1, 0.15) is 5.76 Å². The van der Waals surface area contributed by atoms with Gasteiger partial charge in [0.15, 0.2) is 0 Å². The summed E-state index contributed by atoms with van der Waals surface area (Å²) in [4.78, 5) is 24.8. The van der Waals surface area contributed by atoms with Gasteiger partial charge in [-0.3, -0.25) is 9.59 Å². The smallest absolute Gasteiger partial charge is 0.256 e. The van der Waals surface area contributed by atoms with Crippen LogP contribution < -0.4 is 10.6 Å². The fraction of sp³-hybridized carbons (Fsp3) is 0.150. The van der Waals surface area contributed by atoms with Crippen molar-refractivity contribution in [3.05, 3.63) is 71.6 Å². The number of rotatable bonds is 6. The fourth-order valence-corrected chi connectivity index (χ4v) is 3.41. The van der Waals surface area contributed by atoms with E-state index in [1.807, 2.05) is 31.2 Å². The minimum Gasteiger partial charge on any atom is -0.360 e. The number of anilines is 2. The van der Waals surface area contributed by atoms with Gasteiger partial charge in [0.05, 0.1) is 17.0 Å². The van der Waals surface area contributed by atoms with Crippen molar-refractivity contribution in [3.8, 4) is 0 Å². The number of benzene rings is 2. The molecular weight excluding hydrogens is 362 g/mol. The van der Waals surface area contributed by atoms with Crippen molar-refractivity contribution in [1.29, 1.82) is 0 Å². The van der Waals surface area contributed by atoms with E-state index in [-0.39, 0.29) is 11.8 Å². The zero-order valence-electron chi connectivity index (χ0n) is 15.0. The maximum Gasteiger partial charge on any atom is 0.256 e. The highest BCUT2D eigenvalue weighted by Gasteiger charge is 2.13. The van der Waals surface area contributed by atoms with Crippen LogP contribution in [0.25, 0.3) is 0 Å². The number of hydrogen-bond donors (Lipinski definition) is 2. The zero-order chi connectivity index (χ0) is 19.2. The quantitative estimate of drug-likeness (QED) is 0.615. The summed E-state index contributed by atoms with van der Waals surface area (Å²) in [6.07, 6.45) is 0. The normalized spacial score (nSPS) is 10.4. The molecule has 1 aromatic heterocycles. The number of nitrogens with zero attached hydrogens (tertiary/aromatic N) is 1. The van der Waals surface area contributed by atoms with Crippen LogP contribution in [0.2, 0.25) is 0 Å². The molecule has 138 valence electrons. The lowest BCUT2D eigenvalue weighted by molar-refractivity contribution is -0.114. The van der Waals surface area contributed by atoms with Gasteiger partial charge in [-0.25, -0.2) is 0 Å². The highest BCUT2D eigenvalue weighted by molar-refractivity contribution is 7.98. The second-order valence-electron chi connectivity index (χ2n) is 5.94. The number of thioether (sulfide) groups is 1. The molecule has 0 aliphatic heterocycles. The van der Waals surface area contributed by atoms with E-state index in [0.717, 1.165) is 16.3 Å². The Morgan fingerprint density at radius 3 is 2.48 bits per heavy atom. The summed E-state index contributed by atoms with van der Waals surface area (Å²) < 4.78 is 5.22. The van der Waals surface area contributed by atoms with E-state index in [1.54, 1.807) is 30.3 Å². The van der Waals surface area contributed by atoms with Gasteiger partial charge >= 0.3 is 0 Å². The summed E-state index contributed by atoms with van der Waals surface area (Å²) in [5.74, 6) is 0.966. The number of carbonyl (C=O) groups is 2. The van der Waals surface area contributed by atoms with Crippen LogP contribution in [-0.4, -0.2) is 17.0 Å². The van der Waals surface area contributed by atoms with Crippen molar-refractivity contribution in [3.63, 3.8) is 0 Å². The molecule has 0 radical (unpaired) electrons. The van der Waals surface area contributed by atoms with Crippen molar-refractivity contribution < 1.29 is 14.1 Å². The number of aryl methyl sites for hydroxylation is 1. The average Bonchev–Trinajstić information content (AvgIpc) is 3.05. The van der Waals surface area contributed by atoms with E-state index < -0.39 is 0 Å². The van der Waals surface area contributed by atoms with Crippen LogP contribution in [0.15, 0.2) is 64.0 Å². The number of aromatic nitrogens is 1. The molecule has 2 N–H and O–H groups in total. The molecule has 0 unspecified atom stereocenters. The van der Waals surface area contributed by atoms with Crippen molar-refractivity contribution in [1.82, 2.24) is 5.16 Å². The maximum atomic E-state index is 12.7. The first-order chi connectivity index (χ1) is 13.0. The Balaban J connectivity index is 1.72. The Kier molecular flexibility index (Phi) is 5.93. The molecule has 0 aliphatic carbocycles. The van der Waals surface area contributed by atoms with Crippen LogP contribution >= 0.6 is 11.8 Å². The number of nitrogens with one attached hydrogen (secondary N) is 2. The Morgan fingerprint density at radius 1 is 1.04 bits per heavy atom. The molecule has 1 heterocycles. The molecular formula is C20H19N3O3S. The topological polar surface area (TPSA) is 84.2 Å². The van der Waals surface area contributed by atoms with Gasteiger partial charge in [0, 0.05) is 29.3 Å². The summed E-state index contributed by atoms with van der Waals surface area (Å²) in [5.41, 5.74) is 2.64. The third-order valence-electron chi connectivity index (χ3n) is 3.62. The Morgan fingerprint density at radius 2 is 1.78 bits per heavy atom. The lowest BCUT2D eigenvalue weighted by Crippen LogP contribution is -2.13. The summed E-state index contributed by atoms with van der Waals surface area (Å²) in [6.45, 7) is 3.31. The second kappa shape index (κ2) is 8.55. The third kappa shape index (κ3) is 5.21. The molecule has 2 aromatic carbocycles. The minimum atomic E-state index is -0.216. The molecule has 0 saturated carbocycles. The van der Waals surface area contributed by atoms with Crippen LogP contribution in [0.1, 0.15) is 28.7 Å². The molecule has 7 heteroatoms. The van der Waals surface area contributed by atoms with E-state index in [1.165, 1.54) is 18.7 Å². The second-order valence-corrected chi connectivity index (χ2v) is 6.95.